The van der Waals surface area contributed by atoms with Crippen molar-refractivity contribution in [3.8, 4) is 0 Å². The minimum atomic E-state index is -3.45. The summed E-state index contributed by atoms with van der Waals surface area (Å²) in [6, 6.07) is 3.05. The van der Waals surface area contributed by atoms with Crippen LogP contribution in [0.3, 0.4) is 0 Å². The van der Waals surface area contributed by atoms with Crippen LogP contribution in [0.1, 0.15) is 31.2 Å². The van der Waals surface area contributed by atoms with E-state index in [2.05, 4.69) is 0 Å². The summed E-state index contributed by atoms with van der Waals surface area (Å²) >= 11 is 5.98. The number of sulfonamides is 1. The van der Waals surface area contributed by atoms with E-state index in [-0.39, 0.29) is 4.90 Å². The number of nitrogens with two attached hydrogens (primary N) is 1. The van der Waals surface area contributed by atoms with Gasteiger partial charge in [0.05, 0.1) is 15.6 Å². The summed E-state index contributed by atoms with van der Waals surface area (Å²) in [4.78, 5) is 0.244. The van der Waals surface area contributed by atoms with Gasteiger partial charge in [-0.1, -0.05) is 24.4 Å². The number of hydrogen-bond donors (Lipinski definition) is 1. The molecule has 0 atom stereocenters. The lowest BCUT2D eigenvalue weighted by atomic mass is 10.2. The minimum absolute atomic E-state index is 0.244. The van der Waals surface area contributed by atoms with Gasteiger partial charge in [-0.05, 0) is 37.5 Å². The second-order valence-corrected chi connectivity index (χ2v) is 7.28. The maximum absolute atomic E-state index is 12.6. The lowest BCUT2D eigenvalue weighted by molar-refractivity contribution is 0.423. The average molecular weight is 303 g/mol. The van der Waals surface area contributed by atoms with Gasteiger partial charge in [0, 0.05) is 13.1 Å². The summed E-state index contributed by atoms with van der Waals surface area (Å²) in [6.45, 7) is 2.94. The zero-order chi connectivity index (χ0) is 14.0. The number of hydrogen-bond acceptors (Lipinski definition) is 3. The van der Waals surface area contributed by atoms with Gasteiger partial charge < -0.3 is 5.73 Å². The molecule has 0 saturated carbocycles. The smallest absolute Gasteiger partial charge is 0.243 e. The van der Waals surface area contributed by atoms with Crippen molar-refractivity contribution in [1.29, 1.82) is 0 Å². The van der Waals surface area contributed by atoms with Crippen molar-refractivity contribution in [1.82, 2.24) is 4.31 Å². The first-order chi connectivity index (χ1) is 8.93. The van der Waals surface area contributed by atoms with E-state index in [0.29, 0.717) is 29.4 Å². The maximum Gasteiger partial charge on any atom is 0.243 e. The molecule has 1 aliphatic heterocycles. The van der Waals surface area contributed by atoms with Gasteiger partial charge in [-0.2, -0.15) is 4.31 Å². The van der Waals surface area contributed by atoms with Gasteiger partial charge in [0.25, 0.3) is 0 Å². The van der Waals surface area contributed by atoms with Crippen molar-refractivity contribution in [2.24, 2.45) is 0 Å². The molecule has 0 amide bonds. The van der Waals surface area contributed by atoms with Crippen LogP contribution in [0.4, 0.5) is 5.69 Å². The van der Waals surface area contributed by atoms with Gasteiger partial charge in [-0.15, -0.1) is 0 Å². The van der Waals surface area contributed by atoms with E-state index in [4.69, 9.17) is 17.3 Å². The van der Waals surface area contributed by atoms with E-state index in [9.17, 15) is 8.42 Å². The molecular weight excluding hydrogens is 284 g/mol. The molecule has 0 aromatic heterocycles. The van der Waals surface area contributed by atoms with Crippen LogP contribution in [-0.2, 0) is 10.0 Å². The van der Waals surface area contributed by atoms with Crippen molar-refractivity contribution in [3.05, 3.63) is 22.7 Å². The summed E-state index contributed by atoms with van der Waals surface area (Å²) in [5, 5.41) is 0.426. The van der Waals surface area contributed by atoms with Crippen molar-refractivity contribution in [2.75, 3.05) is 18.8 Å². The molecule has 19 heavy (non-hydrogen) atoms. The van der Waals surface area contributed by atoms with E-state index < -0.39 is 10.0 Å². The molecule has 1 fully saturated rings. The first kappa shape index (κ1) is 14.6. The van der Waals surface area contributed by atoms with Crippen molar-refractivity contribution < 1.29 is 8.42 Å². The van der Waals surface area contributed by atoms with Gasteiger partial charge in [0.2, 0.25) is 10.0 Å². The summed E-state index contributed by atoms with van der Waals surface area (Å²) < 4.78 is 26.7. The fraction of sp³-hybridized carbons (Fsp3) is 0.538. The Hall–Kier alpha value is -0.780. The van der Waals surface area contributed by atoms with Crippen molar-refractivity contribution >= 4 is 27.3 Å². The normalized spacial score (nSPS) is 18.2. The highest BCUT2D eigenvalue weighted by Gasteiger charge is 2.26. The Morgan fingerprint density at radius 3 is 2.26 bits per heavy atom. The Bertz CT molecular complexity index is 541. The maximum atomic E-state index is 12.6. The molecular formula is C13H19ClN2O2S. The van der Waals surface area contributed by atoms with Crippen molar-refractivity contribution in [2.45, 2.75) is 37.5 Å². The molecule has 0 bridgehead atoms. The van der Waals surface area contributed by atoms with E-state index in [1.807, 2.05) is 0 Å². The van der Waals surface area contributed by atoms with Crippen molar-refractivity contribution in [3.63, 3.8) is 0 Å². The Kier molecular flexibility index (Phi) is 4.38. The third-order valence-electron chi connectivity index (χ3n) is 3.46. The Morgan fingerprint density at radius 1 is 1.16 bits per heavy atom. The molecule has 106 valence electrons. The quantitative estimate of drug-likeness (QED) is 0.854. The zero-order valence-corrected chi connectivity index (χ0v) is 12.6. The first-order valence-corrected chi connectivity index (χ1v) is 8.30. The minimum Gasteiger partial charge on any atom is -0.397 e. The topological polar surface area (TPSA) is 63.4 Å². The van der Waals surface area contributed by atoms with Crippen LogP contribution >= 0.6 is 11.6 Å². The number of halogens is 1. The molecule has 0 radical (unpaired) electrons. The van der Waals surface area contributed by atoms with Crippen LogP contribution in [-0.4, -0.2) is 25.8 Å². The van der Waals surface area contributed by atoms with Gasteiger partial charge in [-0.25, -0.2) is 8.42 Å². The molecule has 2 rings (SSSR count). The number of nitrogen functional groups attached to an aromatic ring is 1. The molecule has 0 unspecified atom stereocenters. The highest BCUT2D eigenvalue weighted by molar-refractivity contribution is 7.89. The second kappa shape index (κ2) is 5.69. The number of rotatable bonds is 2. The van der Waals surface area contributed by atoms with Crippen LogP contribution in [0, 0.1) is 6.92 Å². The van der Waals surface area contributed by atoms with E-state index in [1.54, 1.807) is 17.3 Å². The van der Waals surface area contributed by atoms with E-state index in [0.717, 1.165) is 25.7 Å². The number of anilines is 1. The highest BCUT2D eigenvalue weighted by atomic mass is 35.5. The highest BCUT2D eigenvalue weighted by Crippen LogP contribution is 2.29. The predicted molar refractivity (Wildman–Crippen MR) is 77.8 cm³/mol. The fourth-order valence-electron chi connectivity index (χ4n) is 2.34. The molecule has 1 aromatic carbocycles. The zero-order valence-electron chi connectivity index (χ0n) is 11.0. The SMILES string of the molecule is Cc1cc(S(=O)(=O)N2CCCCCC2)cc(N)c1Cl. The van der Waals surface area contributed by atoms with Gasteiger partial charge >= 0.3 is 0 Å². The number of nitrogens with zero attached hydrogens (tertiary/aromatic N) is 1. The third-order valence-corrected chi connectivity index (χ3v) is 5.85. The van der Waals surface area contributed by atoms with Crippen LogP contribution in [0.2, 0.25) is 5.02 Å². The third kappa shape index (κ3) is 3.04. The molecule has 0 spiro atoms. The summed E-state index contributed by atoms with van der Waals surface area (Å²) in [7, 11) is -3.45. The largest absolute Gasteiger partial charge is 0.397 e. The van der Waals surface area contributed by atoms with E-state index in [1.165, 1.54) is 6.07 Å². The standard InChI is InChI=1S/C13H19ClN2O2S/c1-10-8-11(9-12(15)13(10)14)19(17,18)16-6-4-2-3-5-7-16/h8-9H,2-7,15H2,1H3. The predicted octanol–water partition coefficient (Wildman–Crippen LogP) is 2.80. The number of benzene rings is 1. The fourth-order valence-corrected chi connectivity index (χ4v) is 4.09. The molecule has 0 aliphatic carbocycles. The molecule has 6 heteroatoms. The van der Waals surface area contributed by atoms with Gasteiger partial charge in [-0.3, -0.25) is 0 Å². The summed E-state index contributed by atoms with van der Waals surface area (Å²) in [6.07, 6.45) is 4.02. The Balaban J connectivity index is 2.38. The summed E-state index contributed by atoms with van der Waals surface area (Å²) in [5.74, 6) is 0. The lowest BCUT2D eigenvalue weighted by Gasteiger charge is -2.20. The van der Waals surface area contributed by atoms with Crippen LogP contribution < -0.4 is 5.73 Å². The molecule has 4 nitrogen and oxygen atoms in total. The molecule has 1 aliphatic rings. The summed E-state index contributed by atoms with van der Waals surface area (Å²) in [5.41, 5.74) is 6.77. The first-order valence-electron chi connectivity index (χ1n) is 6.48. The van der Waals surface area contributed by atoms with E-state index >= 15 is 0 Å². The average Bonchev–Trinajstić information content (AvgIpc) is 2.64. The molecule has 1 saturated heterocycles. The monoisotopic (exact) mass is 302 g/mol. The molecule has 2 N–H and O–H groups in total. The van der Waals surface area contributed by atoms with Crippen LogP contribution in [0.25, 0.3) is 0 Å². The lowest BCUT2D eigenvalue weighted by Crippen LogP contribution is -2.32. The second-order valence-electron chi connectivity index (χ2n) is 4.96. The Morgan fingerprint density at radius 2 is 1.74 bits per heavy atom. The number of aryl methyl sites for hydroxylation is 1. The molecule has 1 aromatic rings. The van der Waals surface area contributed by atoms with Crippen LogP contribution in [0.15, 0.2) is 17.0 Å². The van der Waals surface area contributed by atoms with Gasteiger partial charge in [0.15, 0.2) is 0 Å². The Labute approximate surface area is 119 Å². The molecule has 1 heterocycles. The van der Waals surface area contributed by atoms with Crippen LogP contribution in [0.5, 0.6) is 0 Å². The van der Waals surface area contributed by atoms with Gasteiger partial charge in [0.1, 0.15) is 0 Å².